The highest BCUT2D eigenvalue weighted by Crippen LogP contribution is 2.62. The molecule has 24 heavy (non-hydrogen) atoms. The van der Waals surface area contributed by atoms with Crippen molar-refractivity contribution >= 4 is 11.8 Å². The molecule has 2 aliphatic carbocycles. The first kappa shape index (κ1) is 19.6. The molecule has 0 saturated carbocycles. The highest BCUT2D eigenvalue weighted by Gasteiger charge is 2.54. The quantitative estimate of drug-likeness (QED) is 0.511. The minimum Gasteiger partial charge on any atom is -0.143 e. The Morgan fingerprint density at radius 1 is 0.958 bits per heavy atom. The molecule has 0 heterocycles. The van der Waals surface area contributed by atoms with E-state index in [9.17, 15) is 0 Å². The van der Waals surface area contributed by atoms with Crippen LogP contribution in [0.1, 0.15) is 75.2 Å². The van der Waals surface area contributed by atoms with Crippen LogP contribution in [-0.2, 0) is 0 Å². The number of rotatable bonds is 3. The fraction of sp³-hybridized carbons (Fsp3) is 0.652. The lowest BCUT2D eigenvalue weighted by Crippen LogP contribution is -2.50. The van der Waals surface area contributed by atoms with E-state index < -0.39 is 0 Å². The van der Waals surface area contributed by atoms with Crippen molar-refractivity contribution in [2.75, 3.05) is 0 Å². The van der Waals surface area contributed by atoms with E-state index in [0.29, 0.717) is 0 Å². The first-order valence-electron chi connectivity index (χ1n) is 9.26. The third-order valence-corrected chi connectivity index (χ3v) is 7.17. The van der Waals surface area contributed by atoms with Gasteiger partial charge in [0, 0.05) is 10.2 Å². The van der Waals surface area contributed by atoms with Gasteiger partial charge in [-0.3, -0.25) is 0 Å². The van der Waals surface area contributed by atoms with Gasteiger partial charge in [0.05, 0.1) is 4.75 Å². The topological polar surface area (TPSA) is 0 Å². The predicted molar refractivity (Wildman–Crippen MR) is 112 cm³/mol. The highest BCUT2D eigenvalue weighted by atomic mass is 32.2. The predicted octanol–water partition coefficient (Wildman–Crippen LogP) is 7.49. The number of thioether (sulfide) groups is 1. The molecule has 0 aromatic rings. The second-order valence-electron chi connectivity index (χ2n) is 9.92. The summed E-state index contributed by atoms with van der Waals surface area (Å²) in [5.41, 5.74) is 4.77. The molecular formula is C23H36S. The van der Waals surface area contributed by atoms with E-state index in [1.807, 2.05) is 0 Å². The zero-order valence-corrected chi connectivity index (χ0v) is 18.0. The molecule has 0 aromatic carbocycles. The van der Waals surface area contributed by atoms with Crippen LogP contribution in [0.3, 0.4) is 0 Å². The van der Waals surface area contributed by atoms with Crippen molar-refractivity contribution in [1.29, 1.82) is 0 Å². The molecule has 0 amide bonds. The summed E-state index contributed by atoms with van der Waals surface area (Å²) in [6.07, 6.45) is 14.2. The van der Waals surface area contributed by atoms with Crippen molar-refractivity contribution in [3.8, 4) is 0 Å². The highest BCUT2D eigenvalue weighted by molar-refractivity contribution is 8.02. The van der Waals surface area contributed by atoms with Gasteiger partial charge in [-0.15, -0.1) is 11.8 Å². The Kier molecular flexibility index (Phi) is 5.10. The molecule has 0 saturated heterocycles. The second kappa shape index (κ2) is 6.24. The molecule has 134 valence electrons. The fourth-order valence-corrected chi connectivity index (χ4v) is 6.19. The first-order chi connectivity index (χ1) is 10.8. The summed E-state index contributed by atoms with van der Waals surface area (Å²) < 4.78 is 0.299. The molecule has 0 radical (unpaired) electrons. The monoisotopic (exact) mass is 344 g/mol. The summed E-state index contributed by atoms with van der Waals surface area (Å²) in [4.78, 5) is 0. The van der Waals surface area contributed by atoms with Crippen molar-refractivity contribution in [3.63, 3.8) is 0 Å². The van der Waals surface area contributed by atoms with Gasteiger partial charge in [0.25, 0.3) is 0 Å². The van der Waals surface area contributed by atoms with Crippen LogP contribution < -0.4 is 0 Å². The van der Waals surface area contributed by atoms with Crippen LogP contribution in [-0.4, -0.2) is 9.49 Å². The van der Waals surface area contributed by atoms with Crippen molar-refractivity contribution in [1.82, 2.24) is 0 Å². The van der Waals surface area contributed by atoms with Crippen LogP contribution >= 0.6 is 11.8 Å². The largest absolute Gasteiger partial charge is 0.143 e. The molecule has 0 nitrogen and oxygen atoms in total. The van der Waals surface area contributed by atoms with Gasteiger partial charge < -0.3 is 0 Å². The van der Waals surface area contributed by atoms with Gasteiger partial charge in [-0.25, -0.2) is 0 Å². The van der Waals surface area contributed by atoms with Gasteiger partial charge in [0.15, 0.2) is 0 Å². The third-order valence-electron chi connectivity index (χ3n) is 5.31. The van der Waals surface area contributed by atoms with Gasteiger partial charge in [-0.1, -0.05) is 91.3 Å². The smallest absolute Gasteiger partial charge is 0.0507 e. The molecule has 0 spiro atoms. The molecular weight excluding hydrogens is 308 g/mol. The summed E-state index contributed by atoms with van der Waals surface area (Å²) in [5.74, 6) is 0. The summed E-state index contributed by atoms with van der Waals surface area (Å²) >= 11 is 2.17. The molecule has 0 bridgehead atoms. The maximum atomic E-state index is 2.48. The van der Waals surface area contributed by atoms with Gasteiger partial charge in [-0.2, -0.15) is 0 Å². The summed E-state index contributed by atoms with van der Waals surface area (Å²) in [7, 11) is 0. The number of hydrogen-bond acceptors (Lipinski definition) is 1. The second-order valence-corrected chi connectivity index (χ2v) is 12.1. The van der Waals surface area contributed by atoms with Crippen LogP contribution in [0.15, 0.2) is 47.1 Å². The Bertz CT molecular complexity index is 611. The lowest BCUT2D eigenvalue weighted by molar-refractivity contribution is 0.298. The molecule has 2 rings (SSSR count). The third kappa shape index (κ3) is 3.62. The van der Waals surface area contributed by atoms with E-state index >= 15 is 0 Å². The first-order valence-corrected chi connectivity index (χ1v) is 10.1. The van der Waals surface area contributed by atoms with E-state index in [2.05, 4.69) is 104 Å². The Morgan fingerprint density at radius 2 is 1.58 bits per heavy atom. The van der Waals surface area contributed by atoms with Gasteiger partial charge in [-0.05, 0) is 36.3 Å². The molecule has 0 fully saturated rings. The molecule has 2 aliphatic rings. The van der Waals surface area contributed by atoms with Gasteiger partial charge in [0.2, 0.25) is 0 Å². The minimum atomic E-state index is 0.0868. The SMILES string of the molecule is CC1=CCC(SC(C)(C)C)(C(C)(C)C2=CCC=C2)C(C(C)(C)C)=C1. The molecule has 0 aliphatic heterocycles. The van der Waals surface area contributed by atoms with Crippen molar-refractivity contribution in [2.24, 2.45) is 10.8 Å². The zero-order chi connectivity index (χ0) is 18.4. The Balaban J connectivity index is 2.69. The average Bonchev–Trinajstić information content (AvgIpc) is 2.92. The van der Waals surface area contributed by atoms with E-state index in [-0.39, 0.29) is 20.3 Å². The normalized spacial score (nSPS) is 25.5. The Morgan fingerprint density at radius 3 is 2.04 bits per heavy atom. The number of allylic oxidation sites excluding steroid dienone is 7. The Hall–Kier alpha value is -0.690. The van der Waals surface area contributed by atoms with E-state index in [1.165, 1.54) is 11.1 Å². The molecule has 1 unspecified atom stereocenters. The van der Waals surface area contributed by atoms with E-state index in [4.69, 9.17) is 0 Å². The fourth-order valence-electron chi connectivity index (χ4n) is 4.13. The maximum Gasteiger partial charge on any atom is 0.0507 e. The summed E-state index contributed by atoms with van der Waals surface area (Å²) in [6.45, 7) is 21.4. The zero-order valence-electron chi connectivity index (χ0n) is 17.2. The number of hydrogen-bond donors (Lipinski definition) is 0. The van der Waals surface area contributed by atoms with Crippen molar-refractivity contribution in [3.05, 3.63) is 47.1 Å². The van der Waals surface area contributed by atoms with E-state index in [1.54, 1.807) is 5.57 Å². The Labute approximate surface area is 154 Å². The summed E-state index contributed by atoms with van der Waals surface area (Å²) in [5, 5.41) is 0. The average molecular weight is 345 g/mol. The van der Waals surface area contributed by atoms with Crippen LogP contribution in [0.2, 0.25) is 0 Å². The van der Waals surface area contributed by atoms with E-state index in [0.717, 1.165) is 12.8 Å². The minimum absolute atomic E-state index is 0.0868. The van der Waals surface area contributed by atoms with Crippen molar-refractivity contribution in [2.45, 2.75) is 84.6 Å². The standard InChI is InChI=1S/C23H36S/c1-17-14-15-23(24-21(5,6)7,19(16-17)20(2,3)4)22(8,9)18-12-10-11-13-18/h10,12-14,16H,11,15H2,1-9H3. The van der Waals surface area contributed by atoms with Crippen LogP contribution in [0.5, 0.6) is 0 Å². The molecule has 0 aromatic heterocycles. The van der Waals surface area contributed by atoms with Crippen molar-refractivity contribution < 1.29 is 0 Å². The van der Waals surface area contributed by atoms with Gasteiger partial charge >= 0.3 is 0 Å². The summed E-state index contributed by atoms with van der Waals surface area (Å²) in [6, 6.07) is 0. The molecule has 1 atom stereocenters. The lowest BCUT2D eigenvalue weighted by Gasteiger charge is -2.55. The molecule has 1 heteroatoms. The van der Waals surface area contributed by atoms with Crippen LogP contribution in [0.25, 0.3) is 0 Å². The maximum absolute atomic E-state index is 2.48. The van der Waals surface area contributed by atoms with Crippen LogP contribution in [0, 0.1) is 10.8 Å². The van der Waals surface area contributed by atoms with Crippen LogP contribution in [0.4, 0.5) is 0 Å². The molecule has 0 N–H and O–H groups in total. The lowest BCUT2D eigenvalue weighted by atomic mass is 9.61. The van der Waals surface area contributed by atoms with Gasteiger partial charge in [0.1, 0.15) is 0 Å².